The van der Waals surface area contributed by atoms with E-state index in [2.05, 4.69) is 0 Å². The molecule has 1 nitrogen and oxygen atoms in total. The van der Waals surface area contributed by atoms with E-state index in [9.17, 15) is 9.50 Å². The van der Waals surface area contributed by atoms with Gasteiger partial charge in [0.05, 0.1) is 6.10 Å². The Labute approximate surface area is 108 Å². The van der Waals surface area contributed by atoms with Crippen LogP contribution in [0.3, 0.4) is 0 Å². The quantitative estimate of drug-likeness (QED) is 0.858. The molecule has 0 fully saturated rings. The Kier molecular flexibility index (Phi) is 4.96. The summed E-state index contributed by atoms with van der Waals surface area (Å²) in [7, 11) is 0. The molecule has 0 aromatic heterocycles. The molecule has 1 rings (SSSR count). The smallest absolute Gasteiger partial charge is 0.124 e. The van der Waals surface area contributed by atoms with Gasteiger partial charge in [-0.25, -0.2) is 4.39 Å². The maximum absolute atomic E-state index is 12.8. The summed E-state index contributed by atoms with van der Waals surface area (Å²) in [6, 6.07) is 4.46. The Balaban J connectivity index is 2.46. The molecule has 1 aromatic carbocycles. The van der Waals surface area contributed by atoms with Crippen molar-refractivity contribution in [1.82, 2.24) is 0 Å². The first-order valence-corrected chi connectivity index (χ1v) is 6.30. The maximum atomic E-state index is 12.8. The van der Waals surface area contributed by atoms with E-state index in [0.717, 1.165) is 24.8 Å². The van der Waals surface area contributed by atoms with Gasteiger partial charge in [0.1, 0.15) is 5.82 Å². The highest BCUT2D eigenvalue weighted by Gasteiger charge is 2.21. The average Bonchev–Trinajstić information content (AvgIpc) is 2.19. The van der Waals surface area contributed by atoms with E-state index in [-0.39, 0.29) is 17.3 Å². The monoisotopic (exact) mass is 258 g/mol. The van der Waals surface area contributed by atoms with Crippen molar-refractivity contribution in [2.24, 2.45) is 5.41 Å². The number of aliphatic hydroxyl groups is 1. The SMILES string of the molecule is CC(C)(C)C(O)CCCc1ccc(F)cc1Cl. The summed E-state index contributed by atoms with van der Waals surface area (Å²) in [6.07, 6.45) is 2.04. The van der Waals surface area contributed by atoms with Crippen molar-refractivity contribution in [2.75, 3.05) is 0 Å². The maximum Gasteiger partial charge on any atom is 0.124 e. The Hall–Kier alpha value is -0.600. The van der Waals surface area contributed by atoms with Gasteiger partial charge in [0.25, 0.3) is 0 Å². The van der Waals surface area contributed by atoms with Crippen LogP contribution in [0.1, 0.15) is 39.2 Å². The first-order valence-electron chi connectivity index (χ1n) is 5.92. The van der Waals surface area contributed by atoms with Gasteiger partial charge in [-0.2, -0.15) is 0 Å². The van der Waals surface area contributed by atoms with Crippen molar-refractivity contribution in [3.8, 4) is 0 Å². The van der Waals surface area contributed by atoms with Gasteiger partial charge in [0.15, 0.2) is 0 Å². The highest BCUT2D eigenvalue weighted by Crippen LogP contribution is 2.24. The van der Waals surface area contributed by atoms with Crippen LogP contribution in [0, 0.1) is 11.2 Å². The molecule has 0 aliphatic rings. The lowest BCUT2D eigenvalue weighted by Gasteiger charge is -2.25. The first kappa shape index (κ1) is 14.5. The topological polar surface area (TPSA) is 20.2 Å². The fourth-order valence-corrected chi connectivity index (χ4v) is 1.91. The van der Waals surface area contributed by atoms with Gasteiger partial charge in [-0.3, -0.25) is 0 Å². The summed E-state index contributed by atoms with van der Waals surface area (Å²) in [5.41, 5.74) is 0.848. The zero-order chi connectivity index (χ0) is 13.1. The Morgan fingerprint density at radius 3 is 2.53 bits per heavy atom. The van der Waals surface area contributed by atoms with Crippen molar-refractivity contribution in [3.63, 3.8) is 0 Å². The molecule has 0 amide bonds. The lowest BCUT2D eigenvalue weighted by molar-refractivity contribution is 0.0540. The average molecular weight is 259 g/mol. The summed E-state index contributed by atoms with van der Waals surface area (Å²) in [5, 5.41) is 10.4. The molecule has 0 aliphatic heterocycles. The molecule has 0 bridgehead atoms. The van der Waals surface area contributed by atoms with E-state index in [1.165, 1.54) is 12.1 Å². The third kappa shape index (κ3) is 4.64. The van der Waals surface area contributed by atoms with Crippen LogP contribution in [0.2, 0.25) is 5.02 Å². The minimum atomic E-state index is -0.318. The van der Waals surface area contributed by atoms with Crippen LogP contribution in [-0.4, -0.2) is 11.2 Å². The Morgan fingerprint density at radius 2 is 2.00 bits per heavy atom. The normalized spacial score (nSPS) is 13.8. The molecule has 0 saturated carbocycles. The number of hydrogen-bond acceptors (Lipinski definition) is 1. The fourth-order valence-electron chi connectivity index (χ4n) is 1.64. The third-order valence-electron chi connectivity index (χ3n) is 2.94. The van der Waals surface area contributed by atoms with Crippen LogP contribution >= 0.6 is 11.6 Å². The molecule has 96 valence electrons. The third-order valence-corrected chi connectivity index (χ3v) is 3.29. The van der Waals surface area contributed by atoms with Crippen molar-refractivity contribution < 1.29 is 9.50 Å². The molecule has 0 spiro atoms. The first-order chi connectivity index (χ1) is 7.80. The number of halogens is 2. The highest BCUT2D eigenvalue weighted by molar-refractivity contribution is 6.31. The van der Waals surface area contributed by atoms with E-state index in [1.54, 1.807) is 6.07 Å². The van der Waals surface area contributed by atoms with Crippen LogP contribution < -0.4 is 0 Å². The molecular weight excluding hydrogens is 239 g/mol. The Bertz CT molecular complexity index is 371. The van der Waals surface area contributed by atoms with Gasteiger partial charge in [0.2, 0.25) is 0 Å². The molecule has 1 aromatic rings. The van der Waals surface area contributed by atoms with Crippen LogP contribution in [0.25, 0.3) is 0 Å². The summed E-state index contributed by atoms with van der Waals surface area (Å²) < 4.78 is 12.8. The van der Waals surface area contributed by atoms with Crippen LogP contribution in [0.4, 0.5) is 4.39 Å². The van der Waals surface area contributed by atoms with Gasteiger partial charge in [-0.15, -0.1) is 0 Å². The van der Waals surface area contributed by atoms with E-state index < -0.39 is 0 Å². The second kappa shape index (κ2) is 5.83. The van der Waals surface area contributed by atoms with Crippen LogP contribution in [0.15, 0.2) is 18.2 Å². The number of aryl methyl sites for hydroxylation is 1. The number of rotatable bonds is 4. The number of aliphatic hydroxyl groups excluding tert-OH is 1. The van der Waals surface area contributed by atoms with Crippen LogP contribution in [-0.2, 0) is 6.42 Å². The van der Waals surface area contributed by atoms with E-state index in [0.29, 0.717) is 5.02 Å². The van der Waals surface area contributed by atoms with E-state index in [1.807, 2.05) is 20.8 Å². The summed E-state index contributed by atoms with van der Waals surface area (Å²) >= 11 is 5.93. The second-order valence-electron chi connectivity index (χ2n) is 5.51. The second-order valence-corrected chi connectivity index (χ2v) is 5.92. The predicted octanol–water partition coefficient (Wildman–Crippen LogP) is 4.21. The van der Waals surface area contributed by atoms with E-state index >= 15 is 0 Å². The largest absolute Gasteiger partial charge is 0.393 e. The van der Waals surface area contributed by atoms with Crippen LogP contribution in [0.5, 0.6) is 0 Å². The molecule has 1 N–H and O–H groups in total. The lowest BCUT2D eigenvalue weighted by atomic mass is 9.86. The molecule has 3 heteroatoms. The standard InChI is InChI=1S/C14H20ClFO/c1-14(2,3)13(17)6-4-5-10-7-8-11(16)9-12(10)15/h7-9,13,17H,4-6H2,1-3H3. The minimum absolute atomic E-state index is 0.0907. The molecule has 0 heterocycles. The fraction of sp³-hybridized carbons (Fsp3) is 0.571. The van der Waals surface area contributed by atoms with Crippen molar-refractivity contribution >= 4 is 11.6 Å². The zero-order valence-electron chi connectivity index (χ0n) is 10.6. The predicted molar refractivity (Wildman–Crippen MR) is 69.8 cm³/mol. The van der Waals surface area contributed by atoms with Gasteiger partial charge in [0, 0.05) is 5.02 Å². The Morgan fingerprint density at radius 1 is 1.35 bits per heavy atom. The summed E-state index contributed by atoms with van der Waals surface area (Å²) in [6.45, 7) is 6.05. The lowest BCUT2D eigenvalue weighted by Crippen LogP contribution is -2.25. The van der Waals surface area contributed by atoms with E-state index in [4.69, 9.17) is 11.6 Å². The molecular formula is C14H20ClFO. The van der Waals surface area contributed by atoms with Crippen molar-refractivity contribution in [1.29, 1.82) is 0 Å². The zero-order valence-corrected chi connectivity index (χ0v) is 11.4. The summed E-state index contributed by atoms with van der Waals surface area (Å²) in [4.78, 5) is 0. The van der Waals surface area contributed by atoms with Gasteiger partial charge in [-0.05, 0) is 42.4 Å². The van der Waals surface area contributed by atoms with Gasteiger partial charge >= 0.3 is 0 Å². The van der Waals surface area contributed by atoms with Crippen molar-refractivity contribution in [2.45, 2.75) is 46.1 Å². The number of hydrogen-bond donors (Lipinski definition) is 1. The molecule has 1 atom stereocenters. The molecule has 17 heavy (non-hydrogen) atoms. The van der Waals surface area contributed by atoms with Crippen molar-refractivity contribution in [3.05, 3.63) is 34.6 Å². The molecule has 0 saturated heterocycles. The number of benzene rings is 1. The summed E-state index contributed by atoms with van der Waals surface area (Å²) in [5.74, 6) is -0.312. The molecule has 1 unspecified atom stereocenters. The minimum Gasteiger partial charge on any atom is -0.393 e. The highest BCUT2D eigenvalue weighted by atomic mass is 35.5. The van der Waals surface area contributed by atoms with Gasteiger partial charge < -0.3 is 5.11 Å². The molecule has 0 radical (unpaired) electrons. The van der Waals surface area contributed by atoms with Gasteiger partial charge in [-0.1, -0.05) is 38.4 Å². The molecule has 0 aliphatic carbocycles.